The van der Waals surface area contributed by atoms with Crippen molar-refractivity contribution in [2.24, 2.45) is 0 Å². The van der Waals surface area contributed by atoms with Crippen molar-refractivity contribution in [3.8, 4) is 33.4 Å². The lowest BCUT2D eigenvalue weighted by Gasteiger charge is -2.30. The first kappa shape index (κ1) is 29.9. The van der Waals surface area contributed by atoms with Crippen LogP contribution >= 0.6 is 22.7 Å². The van der Waals surface area contributed by atoms with Crippen LogP contribution in [0.25, 0.3) is 73.7 Å². The Bertz CT molecular complexity index is 2850. The molecular weight excluding hydrogens is 655 g/mol. The first-order valence-electron chi connectivity index (χ1n) is 17.3. The number of anilines is 3. The highest BCUT2D eigenvalue weighted by Gasteiger charge is 2.24. The summed E-state index contributed by atoms with van der Waals surface area (Å²) in [6.45, 7) is 0. The Morgan fingerprint density at radius 2 is 0.882 bits per heavy atom. The maximum absolute atomic E-state index is 2.50. The summed E-state index contributed by atoms with van der Waals surface area (Å²) in [5.41, 5.74) is 10.7. The van der Waals surface area contributed by atoms with Gasteiger partial charge < -0.3 is 4.90 Å². The Morgan fingerprint density at radius 1 is 0.333 bits per heavy atom. The summed E-state index contributed by atoms with van der Waals surface area (Å²) >= 11 is 3.75. The van der Waals surface area contributed by atoms with E-state index in [1.165, 1.54) is 79.4 Å². The van der Waals surface area contributed by atoms with Crippen molar-refractivity contribution >= 4 is 80.1 Å². The highest BCUT2D eigenvalue weighted by atomic mass is 32.1. The van der Waals surface area contributed by atoms with E-state index in [1.807, 2.05) is 22.7 Å². The number of fused-ring (bicyclic) bond motifs is 6. The summed E-state index contributed by atoms with van der Waals surface area (Å²) in [6, 6.07) is 68.6. The van der Waals surface area contributed by atoms with E-state index >= 15 is 0 Å². The van der Waals surface area contributed by atoms with E-state index in [0.29, 0.717) is 0 Å². The average Bonchev–Trinajstić information content (AvgIpc) is 3.77. The molecule has 0 aliphatic heterocycles. The number of nitrogens with zero attached hydrogens (tertiary/aromatic N) is 1. The van der Waals surface area contributed by atoms with E-state index in [-0.39, 0.29) is 0 Å². The van der Waals surface area contributed by atoms with Crippen molar-refractivity contribution in [1.29, 1.82) is 0 Å². The molecule has 10 aromatic rings. The van der Waals surface area contributed by atoms with Crippen LogP contribution < -0.4 is 4.90 Å². The van der Waals surface area contributed by atoms with Gasteiger partial charge in [0.25, 0.3) is 0 Å². The number of thiophene rings is 2. The highest BCUT2D eigenvalue weighted by Crippen LogP contribution is 2.51. The van der Waals surface area contributed by atoms with Crippen molar-refractivity contribution in [1.82, 2.24) is 0 Å². The third kappa shape index (κ3) is 5.13. The molecule has 0 atom stereocenters. The van der Waals surface area contributed by atoms with E-state index in [9.17, 15) is 0 Å². The van der Waals surface area contributed by atoms with Crippen LogP contribution in [0.2, 0.25) is 0 Å². The summed E-state index contributed by atoms with van der Waals surface area (Å²) in [5.74, 6) is 0. The maximum atomic E-state index is 2.50. The monoisotopic (exact) mass is 685 g/mol. The quantitative estimate of drug-likeness (QED) is 0.168. The average molecular weight is 686 g/mol. The fourth-order valence-electron chi connectivity index (χ4n) is 7.47. The van der Waals surface area contributed by atoms with Crippen LogP contribution in [0.3, 0.4) is 0 Å². The van der Waals surface area contributed by atoms with Crippen LogP contribution in [-0.2, 0) is 0 Å². The molecule has 3 heteroatoms. The molecule has 0 saturated heterocycles. The molecule has 0 fully saturated rings. The minimum Gasteiger partial charge on any atom is -0.308 e. The van der Waals surface area contributed by atoms with Gasteiger partial charge in [0, 0.05) is 52.5 Å². The van der Waals surface area contributed by atoms with Gasteiger partial charge in [-0.15, -0.1) is 22.7 Å². The zero-order valence-electron chi connectivity index (χ0n) is 27.7. The number of hydrogen-bond acceptors (Lipinski definition) is 3. The second-order valence-corrected chi connectivity index (χ2v) is 15.0. The molecule has 0 radical (unpaired) electrons. The topological polar surface area (TPSA) is 3.24 Å². The summed E-state index contributed by atoms with van der Waals surface area (Å²) < 4.78 is 5.22. The van der Waals surface area contributed by atoms with E-state index in [1.54, 1.807) is 0 Å². The van der Waals surface area contributed by atoms with Gasteiger partial charge in [0.1, 0.15) is 0 Å². The van der Waals surface area contributed by atoms with Crippen LogP contribution in [0, 0.1) is 0 Å². The minimum absolute atomic E-state index is 1.12. The van der Waals surface area contributed by atoms with Gasteiger partial charge in [-0.2, -0.15) is 0 Å². The first-order chi connectivity index (χ1) is 25.3. The number of para-hydroxylation sites is 1. The molecule has 8 aromatic carbocycles. The van der Waals surface area contributed by atoms with Gasteiger partial charge in [-0.1, -0.05) is 152 Å². The Labute approximate surface area is 304 Å². The molecule has 51 heavy (non-hydrogen) atoms. The standard InChI is InChI=1S/C48H31NS2/c1-3-13-33(14-4-1)37-17-7-10-20-43(37)49(36-26-23-32(24-27-36)35-25-28-41-39-18-8-11-21-44(39)50-46(41)31-35)47-38(34-15-5-2-6-16-34)29-30-42-40-19-9-12-22-45(40)51-48(42)47/h1-31H. The largest absolute Gasteiger partial charge is 0.308 e. The van der Waals surface area contributed by atoms with E-state index in [0.717, 1.165) is 11.4 Å². The molecule has 0 saturated carbocycles. The third-order valence-electron chi connectivity index (χ3n) is 9.90. The number of benzene rings is 8. The Hall–Kier alpha value is -6.00. The Morgan fingerprint density at radius 3 is 1.63 bits per heavy atom. The normalized spacial score (nSPS) is 11.5. The van der Waals surface area contributed by atoms with Crippen LogP contribution in [0.1, 0.15) is 0 Å². The van der Waals surface area contributed by atoms with Gasteiger partial charge in [-0.25, -0.2) is 0 Å². The van der Waals surface area contributed by atoms with E-state index < -0.39 is 0 Å². The molecule has 0 aliphatic carbocycles. The van der Waals surface area contributed by atoms with Crippen molar-refractivity contribution in [2.75, 3.05) is 4.90 Å². The molecule has 240 valence electrons. The smallest absolute Gasteiger partial charge is 0.0718 e. The molecular formula is C48H31NS2. The van der Waals surface area contributed by atoms with Crippen LogP contribution in [0.15, 0.2) is 188 Å². The Kier molecular flexibility index (Phi) is 7.26. The van der Waals surface area contributed by atoms with Crippen molar-refractivity contribution in [3.05, 3.63) is 188 Å². The fourth-order valence-corrected chi connectivity index (χ4v) is 9.86. The molecule has 10 rings (SSSR count). The number of rotatable bonds is 6. The van der Waals surface area contributed by atoms with Crippen molar-refractivity contribution < 1.29 is 0 Å². The molecule has 0 bridgehead atoms. The van der Waals surface area contributed by atoms with Gasteiger partial charge in [0.2, 0.25) is 0 Å². The van der Waals surface area contributed by atoms with Gasteiger partial charge in [-0.05, 0) is 58.7 Å². The molecule has 2 aromatic heterocycles. The SMILES string of the molecule is c1ccc(-c2ccccc2N(c2ccc(-c3ccc4c(c3)sc3ccccc34)cc2)c2c(-c3ccccc3)ccc3c2sc2ccccc23)cc1. The molecule has 0 aliphatic rings. The second kappa shape index (κ2) is 12.4. The van der Waals surface area contributed by atoms with Gasteiger partial charge in [-0.3, -0.25) is 0 Å². The first-order valence-corrected chi connectivity index (χ1v) is 18.9. The number of hydrogen-bond donors (Lipinski definition) is 0. The zero-order chi connectivity index (χ0) is 33.7. The fraction of sp³-hybridized carbons (Fsp3) is 0. The van der Waals surface area contributed by atoms with Gasteiger partial charge in [0.15, 0.2) is 0 Å². The third-order valence-corrected chi connectivity index (χ3v) is 12.2. The lowest BCUT2D eigenvalue weighted by Crippen LogP contribution is -2.12. The molecule has 2 heterocycles. The second-order valence-electron chi connectivity index (χ2n) is 12.9. The van der Waals surface area contributed by atoms with E-state index in [4.69, 9.17) is 0 Å². The summed E-state index contributed by atoms with van der Waals surface area (Å²) in [4.78, 5) is 2.50. The minimum atomic E-state index is 1.12. The van der Waals surface area contributed by atoms with Crippen LogP contribution in [0.5, 0.6) is 0 Å². The summed E-state index contributed by atoms with van der Waals surface area (Å²) in [6.07, 6.45) is 0. The zero-order valence-corrected chi connectivity index (χ0v) is 29.3. The predicted octanol–water partition coefficient (Wildman–Crippen LogP) is 14.9. The molecule has 0 N–H and O–H groups in total. The molecule has 0 spiro atoms. The van der Waals surface area contributed by atoms with Crippen LogP contribution in [0.4, 0.5) is 17.1 Å². The maximum Gasteiger partial charge on any atom is 0.0718 e. The molecule has 1 nitrogen and oxygen atoms in total. The van der Waals surface area contributed by atoms with Gasteiger partial charge >= 0.3 is 0 Å². The Balaban J connectivity index is 1.21. The van der Waals surface area contributed by atoms with Crippen molar-refractivity contribution in [3.63, 3.8) is 0 Å². The molecule has 0 amide bonds. The molecule has 0 unspecified atom stereocenters. The van der Waals surface area contributed by atoms with E-state index in [2.05, 4.69) is 193 Å². The van der Waals surface area contributed by atoms with Gasteiger partial charge in [0.05, 0.1) is 16.1 Å². The summed E-state index contributed by atoms with van der Waals surface area (Å²) in [7, 11) is 0. The highest BCUT2D eigenvalue weighted by molar-refractivity contribution is 7.26. The summed E-state index contributed by atoms with van der Waals surface area (Å²) in [5, 5.41) is 5.23. The predicted molar refractivity (Wildman–Crippen MR) is 223 cm³/mol. The lowest BCUT2D eigenvalue weighted by molar-refractivity contribution is 1.30. The van der Waals surface area contributed by atoms with Crippen molar-refractivity contribution in [2.45, 2.75) is 0 Å². The lowest BCUT2D eigenvalue weighted by atomic mass is 9.97. The van der Waals surface area contributed by atoms with Crippen LogP contribution in [-0.4, -0.2) is 0 Å².